The number of aromatic nitrogens is 3. The van der Waals surface area contributed by atoms with Crippen molar-refractivity contribution in [1.29, 1.82) is 5.26 Å². The van der Waals surface area contributed by atoms with E-state index in [0.29, 0.717) is 40.8 Å². The molecular weight excluding hydrogens is 456 g/mol. The van der Waals surface area contributed by atoms with Crippen LogP contribution in [0.5, 0.6) is 5.75 Å². The summed E-state index contributed by atoms with van der Waals surface area (Å²) in [5.74, 6) is 1.83. The van der Waals surface area contributed by atoms with Gasteiger partial charge in [-0.15, -0.1) is 0 Å². The van der Waals surface area contributed by atoms with E-state index in [1.807, 2.05) is 12.1 Å². The molecule has 0 spiro atoms. The van der Waals surface area contributed by atoms with Crippen LogP contribution in [-0.2, 0) is 4.74 Å². The predicted molar refractivity (Wildman–Crippen MR) is 138 cm³/mol. The molecule has 3 aromatic rings. The van der Waals surface area contributed by atoms with Crippen LogP contribution in [0.4, 0.5) is 17.5 Å². The summed E-state index contributed by atoms with van der Waals surface area (Å²) in [6.45, 7) is 2.26. The molecule has 36 heavy (non-hydrogen) atoms. The maximum absolute atomic E-state index is 9.60. The van der Waals surface area contributed by atoms with Crippen molar-refractivity contribution in [3.8, 4) is 11.8 Å². The number of H-pyrrole nitrogens is 1. The molecule has 2 aliphatic heterocycles. The van der Waals surface area contributed by atoms with Gasteiger partial charge >= 0.3 is 0 Å². The molecule has 6 rings (SSSR count). The molecule has 2 fully saturated rings. The molecule has 4 heterocycles. The minimum absolute atomic E-state index is 0.347. The lowest BCUT2D eigenvalue weighted by Crippen LogP contribution is -2.50. The topological polar surface area (TPSA) is 123 Å². The van der Waals surface area contributed by atoms with Gasteiger partial charge in [-0.2, -0.15) is 15.2 Å². The van der Waals surface area contributed by atoms with Crippen molar-refractivity contribution in [3.05, 3.63) is 41.7 Å². The molecule has 10 heteroatoms. The fourth-order valence-electron chi connectivity index (χ4n) is 5.07. The van der Waals surface area contributed by atoms with Crippen molar-refractivity contribution < 1.29 is 9.47 Å². The Kier molecular flexibility index (Phi) is 6.09. The van der Waals surface area contributed by atoms with Gasteiger partial charge in [0.25, 0.3) is 0 Å². The van der Waals surface area contributed by atoms with Crippen LogP contribution in [0.15, 0.2) is 30.6 Å². The first-order valence-electron chi connectivity index (χ1n) is 12.5. The highest BCUT2D eigenvalue weighted by Crippen LogP contribution is 2.34. The normalized spacial score (nSPS) is 18.6. The summed E-state index contributed by atoms with van der Waals surface area (Å²) in [6.07, 6.45) is 9.72. The molecule has 0 amide bonds. The highest BCUT2D eigenvalue weighted by Gasteiger charge is 2.28. The summed E-state index contributed by atoms with van der Waals surface area (Å²) < 4.78 is 11.0. The van der Waals surface area contributed by atoms with Gasteiger partial charge in [0.15, 0.2) is 0 Å². The number of nitriles is 1. The van der Waals surface area contributed by atoms with Crippen molar-refractivity contribution in [3.63, 3.8) is 0 Å². The van der Waals surface area contributed by atoms with E-state index in [9.17, 15) is 5.26 Å². The van der Waals surface area contributed by atoms with Crippen LogP contribution in [-0.4, -0.2) is 58.9 Å². The number of fused-ring (bicyclic) bond motifs is 1. The van der Waals surface area contributed by atoms with Gasteiger partial charge in [-0.05, 0) is 36.1 Å². The zero-order chi connectivity index (χ0) is 24.5. The molecule has 0 radical (unpaired) electrons. The number of nitrogens with zero attached hydrogens (tertiary/aromatic N) is 4. The second kappa shape index (κ2) is 9.68. The Labute approximate surface area is 209 Å². The molecule has 186 valence electrons. The van der Waals surface area contributed by atoms with Gasteiger partial charge < -0.3 is 30.1 Å². The maximum atomic E-state index is 9.60. The Morgan fingerprint density at radius 1 is 1.19 bits per heavy atom. The highest BCUT2D eigenvalue weighted by molar-refractivity contribution is 5.93. The smallest absolute Gasteiger partial charge is 0.231 e. The Hall–Kier alpha value is -3.81. The number of benzene rings is 1. The maximum Gasteiger partial charge on any atom is 0.231 e. The number of aromatic amines is 1. The lowest BCUT2D eigenvalue weighted by Gasteiger charge is -2.34. The number of hydrogen-bond donors (Lipinski definition) is 4. The van der Waals surface area contributed by atoms with E-state index in [0.717, 1.165) is 49.2 Å². The van der Waals surface area contributed by atoms with Crippen LogP contribution in [0.1, 0.15) is 43.2 Å². The SMILES string of the molecule is COc1cc(C2=CN(C3COC3)NC2)ccc1Nc1nc(NC2CCCCC2)c2c(C#N)c[nH]c2n1. The van der Waals surface area contributed by atoms with Crippen LogP contribution in [0.3, 0.4) is 0 Å². The Bertz CT molecular complexity index is 1330. The van der Waals surface area contributed by atoms with Gasteiger partial charge in [-0.1, -0.05) is 25.3 Å². The number of hydrazine groups is 1. The number of nitrogens with one attached hydrogen (secondary N) is 4. The molecule has 1 saturated carbocycles. The number of hydrogen-bond acceptors (Lipinski definition) is 9. The van der Waals surface area contributed by atoms with Crippen LogP contribution < -0.4 is 20.8 Å². The third kappa shape index (κ3) is 4.32. The summed E-state index contributed by atoms with van der Waals surface area (Å²) in [4.78, 5) is 12.6. The zero-order valence-electron chi connectivity index (χ0n) is 20.3. The quantitative estimate of drug-likeness (QED) is 0.394. The summed E-state index contributed by atoms with van der Waals surface area (Å²) in [5, 5.41) is 19.4. The third-order valence-electron chi connectivity index (χ3n) is 7.18. The second-order valence-corrected chi connectivity index (χ2v) is 9.54. The monoisotopic (exact) mass is 486 g/mol. The van der Waals surface area contributed by atoms with E-state index in [1.54, 1.807) is 13.3 Å². The van der Waals surface area contributed by atoms with Crippen molar-refractivity contribution >= 4 is 34.1 Å². The number of anilines is 3. The van der Waals surface area contributed by atoms with Crippen molar-refractivity contribution in [2.75, 3.05) is 37.5 Å². The van der Waals surface area contributed by atoms with Crippen LogP contribution in [0.2, 0.25) is 0 Å². The summed E-state index contributed by atoms with van der Waals surface area (Å²) in [7, 11) is 1.66. The van der Waals surface area contributed by atoms with Gasteiger partial charge in [-0.3, -0.25) is 0 Å². The third-order valence-corrected chi connectivity index (χ3v) is 7.18. The summed E-state index contributed by atoms with van der Waals surface area (Å²) in [5.41, 5.74) is 7.63. The molecule has 3 aliphatic rings. The molecule has 2 aromatic heterocycles. The van der Waals surface area contributed by atoms with Crippen molar-refractivity contribution in [2.45, 2.75) is 44.2 Å². The number of rotatable bonds is 7. The van der Waals surface area contributed by atoms with E-state index >= 15 is 0 Å². The first kappa shape index (κ1) is 22.6. The molecule has 4 N–H and O–H groups in total. The molecule has 1 aromatic carbocycles. The summed E-state index contributed by atoms with van der Waals surface area (Å²) in [6, 6.07) is 9.08. The average Bonchev–Trinajstić information content (AvgIpc) is 3.51. The van der Waals surface area contributed by atoms with Gasteiger partial charge in [0.2, 0.25) is 5.95 Å². The number of methoxy groups -OCH3 is 1. The first-order valence-corrected chi connectivity index (χ1v) is 12.5. The van der Waals surface area contributed by atoms with E-state index < -0.39 is 0 Å². The van der Waals surface area contributed by atoms with E-state index in [1.165, 1.54) is 24.8 Å². The fraction of sp³-hybridized carbons (Fsp3) is 0.423. The average molecular weight is 487 g/mol. The zero-order valence-corrected chi connectivity index (χ0v) is 20.3. The molecule has 10 nitrogen and oxygen atoms in total. The van der Waals surface area contributed by atoms with Crippen LogP contribution in [0, 0.1) is 11.3 Å². The fourth-order valence-corrected chi connectivity index (χ4v) is 5.07. The van der Waals surface area contributed by atoms with Gasteiger partial charge in [-0.25, -0.2) is 5.43 Å². The minimum Gasteiger partial charge on any atom is -0.495 e. The molecule has 0 bridgehead atoms. The minimum atomic E-state index is 0.347. The van der Waals surface area contributed by atoms with Crippen molar-refractivity contribution in [1.82, 2.24) is 25.4 Å². The van der Waals surface area contributed by atoms with E-state index in [4.69, 9.17) is 14.5 Å². The Balaban J connectivity index is 1.28. The van der Waals surface area contributed by atoms with Gasteiger partial charge in [0, 0.05) is 25.0 Å². The summed E-state index contributed by atoms with van der Waals surface area (Å²) >= 11 is 0. The Morgan fingerprint density at radius 3 is 2.81 bits per heavy atom. The standard InChI is InChI=1S/C26H30N8O2/c1-35-22-9-16(18-12-29-34(13-18)20-14-36-15-20)7-8-21(22)31-26-32-24-23(17(10-27)11-28-24)25(33-26)30-19-5-3-2-4-6-19/h7-9,11,13,19-20,29H,2-6,12,14-15H2,1H3,(H3,28,30,31,32,33). The van der Waals surface area contributed by atoms with Crippen LogP contribution >= 0.6 is 0 Å². The second-order valence-electron chi connectivity index (χ2n) is 9.54. The number of ether oxygens (including phenoxy) is 2. The highest BCUT2D eigenvalue weighted by atomic mass is 16.5. The van der Waals surface area contributed by atoms with Crippen molar-refractivity contribution in [2.24, 2.45) is 0 Å². The van der Waals surface area contributed by atoms with E-state index in [2.05, 4.69) is 49.4 Å². The largest absolute Gasteiger partial charge is 0.495 e. The molecular formula is C26H30N8O2. The van der Waals surface area contributed by atoms with Crippen LogP contribution in [0.25, 0.3) is 16.6 Å². The molecule has 0 atom stereocenters. The lowest BCUT2D eigenvalue weighted by molar-refractivity contribution is -0.0597. The molecule has 1 aliphatic carbocycles. The lowest BCUT2D eigenvalue weighted by atomic mass is 9.95. The molecule has 0 unspecified atom stereocenters. The predicted octanol–water partition coefficient (Wildman–Crippen LogP) is 3.89. The van der Waals surface area contributed by atoms with Gasteiger partial charge in [0.05, 0.1) is 43.0 Å². The molecule has 1 saturated heterocycles. The Morgan fingerprint density at radius 2 is 2.06 bits per heavy atom. The van der Waals surface area contributed by atoms with Gasteiger partial charge in [0.1, 0.15) is 23.3 Å². The van der Waals surface area contributed by atoms with E-state index in [-0.39, 0.29) is 0 Å². The first-order chi connectivity index (χ1) is 17.7.